The molecule has 27 heavy (non-hydrogen) atoms. The lowest BCUT2D eigenvalue weighted by Gasteiger charge is -2.05. The van der Waals surface area contributed by atoms with Crippen LogP contribution in [0.2, 0.25) is 0 Å². The summed E-state index contributed by atoms with van der Waals surface area (Å²) in [5.41, 5.74) is 1.39. The lowest BCUT2D eigenvalue weighted by molar-refractivity contribution is 0.109. The van der Waals surface area contributed by atoms with Gasteiger partial charge in [-0.1, -0.05) is 60.7 Å². The maximum atomic E-state index is 12.8. The Balaban J connectivity index is 1.56. The Morgan fingerprint density at radius 3 is 2.22 bits per heavy atom. The summed E-state index contributed by atoms with van der Waals surface area (Å²) >= 11 is 1.40. The number of thiazole rings is 1. The van der Waals surface area contributed by atoms with Gasteiger partial charge < -0.3 is 4.74 Å². The van der Waals surface area contributed by atoms with Crippen LogP contribution in [0.15, 0.2) is 82.5 Å². The van der Waals surface area contributed by atoms with Gasteiger partial charge in [0.1, 0.15) is 4.83 Å². The van der Waals surface area contributed by atoms with Crippen LogP contribution in [0.5, 0.6) is 0 Å². The molecule has 4 rings (SSSR count). The molecule has 2 heterocycles. The SMILES string of the molecule is O=c1cc2sc(COCc3ccccc3)cn2c(=O)n1Cc1ccccc1. The van der Waals surface area contributed by atoms with Crippen LogP contribution in [0.1, 0.15) is 16.0 Å². The van der Waals surface area contributed by atoms with Crippen molar-refractivity contribution < 1.29 is 4.74 Å². The Morgan fingerprint density at radius 1 is 0.852 bits per heavy atom. The number of rotatable bonds is 6. The van der Waals surface area contributed by atoms with E-state index in [9.17, 15) is 9.59 Å². The fourth-order valence-electron chi connectivity index (χ4n) is 2.90. The molecule has 0 bridgehead atoms. The van der Waals surface area contributed by atoms with Crippen LogP contribution in [-0.4, -0.2) is 8.97 Å². The van der Waals surface area contributed by atoms with E-state index in [1.54, 1.807) is 6.20 Å². The normalized spacial score (nSPS) is 11.1. The van der Waals surface area contributed by atoms with Crippen LogP contribution in [0.4, 0.5) is 0 Å². The first-order chi connectivity index (χ1) is 13.2. The highest BCUT2D eigenvalue weighted by Gasteiger charge is 2.10. The fourth-order valence-corrected chi connectivity index (χ4v) is 3.85. The van der Waals surface area contributed by atoms with Crippen molar-refractivity contribution in [3.63, 3.8) is 0 Å². The number of nitrogens with zero attached hydrogens (tertiary/aromatic N) is 2. The third-order valence-corrected chi connectivity index (χ3v) is 5.24. The van der Waals surface area contributed by atoms with Crippen molar-refractivity contribution in [2.75, 3.05) is 0 Å². The minimum Gasteiger partial charge on any atom is -0.371 e. The summed E-state index contributed by atoms with van der Waals surface area (Å²) in [5.74, 6) is 0. The zero-order valence-electron chi connectivity index (χ0n) is 14.6. The Labute approximate surface area is 159 Å². The standard InChI is InChI=1S/C21H18N2O3S/c24-19-11-20-23(21(25)22(19)12-16-7-3-1-4-8-16)13-18(27-20)15-26-14-17-9-5-2-6-10-17/h1-11,13H,12,14-15H2. The maximum Gasteiger partial charge on any atom is 0.336 e. The second kappa shape index (κ2) is 7.73. The Morgan fingerprint density at radius 2 is 1.52 bits per heavy atom. The first-order valence-electron chi connectivity index (χ1n) is 8.61. The van der Waals surface area contributed by atoms with Crippen molar-refractivity contribution in [3.8, 4) is 0 Å². The lowest BCUT2D eigenvalue weighted by atomic mass is 10.2. The van der Waals surface area contributed by atoms with Gasteiger partial charge >= 0.3 is 5.69 Å². The lowest BCUT2D eigenvalue weighted by Crippen LogP contribution is -2.36. The van der Waals surface area contributed by atoms with Crippen molar-refractivity contribution in [3.05, 3.63) is 110 Å². The summed E-state index contributed by atoms with van der Waals surface area (Å²) in [5, 5.41) is 0. The largest absolute Gasteiger partial charge is 0.371 e. The molecular weight excluding hydrogens is 360 g/mol. The molecule has 0 saturated carbocycles. The second-order valence-electron chi connectivity index (χ2n) is 6.22. The zero-order chi connectivity index (χ0) is 18.6. The van der Waals surface area contributed by atoms with Gasteiger partial charge in [-0.05, 0) is 11.1 Å². The molecule has 2 aromatic heterocycles. The number of aromatic nitrogens is 2. The molecule has 0 saturated heterocycles. The van der Waals surface area contributed by atoms with Gasteiger partial charge in [0, 0.05) is 17.1 Å². The van der Waals surface area contributed by atoms with Crippen LogP contribution < -0.4 is 11.2 Å². The van der Waals surface area contributed by atoms with E-state index in [2.05, 4.69) is 0 Å². The average molecular weight is 378 g/mol. The van der Waals surface area contributed by atoms with Gasteiger partial charge in [0.25, 0.3) is 5.56 Å². The third kappa shape index (κ3) is 3.92. The molecule has 0 N–H and O–H groups in total. The van der Waals surface area contributed by atoms with E-state index in [-0.39, 0.29) is 17.8 Å². The van der Waals surface area contributed by atoms with Crippen LogP contribution >= 0.6 is 11.3 Å². The first kappa shape index (κ1) is 17.5. The zero-order valence-corrected chi connectivity index (χ0v) is 15.4. The monoisotopic (exact) mass is 378 g/mol. The first-order valence-corrected chi connectivity index (χ1v) is 9.43. The molecule has 0 fully saturated rings. The van der Waals surface area contributed by atoms with E-state index < -0.39 is 0 Å². The summed E-state index contributed by atoms with van der Waals surface area (Å²) in [6, 6.07) is 20.9. The molecule has 0 amide bonds. The fraction of sp³-hybridized carbons (Fsp3) is 0.143. The highest BCUT2D eigenvalue weighted by atomic mass is 32.1. The van der Waals surface area contributed by atoms with E-state index in [0.717, 1.165) is 16.0 Å². The van der Waals surface area contributed by atoms with Gasteiger partial charge in [-0.15, -0.1) is 11.3 Å². The number of ether oxygens (including phenoxy) is 1. The highest BCUT2D eigenvalue weighted by Crippen LogP contribution is 2.17. The Kier molecular flexibility index (Phi) is 5.00. The minimum absolute atomic E-state index is 0.261. The number of hydrogen-bond donors (Lipinski definition) is 0. The van der Waals surface area contributed by atoms with Crippen LogP contribution in [0.3, 0.4) is 0 Å². The quantitative estimate of drug-likeness (QED) is 0.517. The molecule has 5 nitrogen and oxygen atoms in total. The molecule has 0 spiro atoms. The van der Waals surface area contributed by atoms with Crippen LogP contribution in [-0.2, 0) is 24.5 Å². The summed E-state index contributed by atoms with van der Waals surface area (Å²) in [6.07, 6.45) is 1.76. The average Bonchev–Trinajstić information content (AvgIpc) is 3.10. The van der Waals surface area contributed by atoms with Crippen molar-refractivity contribution >= 4 is 16.2 Å². The van der Waals surface area contributed by atoms with Crippen molar-refractivity contribution in [2.45, 2.75) is 19.8 Å². The van der Waals surface area contributed by atoms with E-state index in [4.69, 9.17) is 4.74 Å². The van der Waals surface area contributed by atoms with Gasteiger partial charge in [-0.3, -0.25) is 13.8 Å². The molecule has 0 aliphatic carbocycles. The minimum atomic E-state index is -0.327. The molecule has 0 radical (unpaired) electrons. The molecule has 2 aromatic carbocycles. The molecule has 0 atom stereocenters. The predicted octanol–water partition coefficient (Wildman–Crippen LogP) is 3.29. The number of fused-ring (bicyclic) bond motifs is 1. The molecule has 0 aliphatic heterocycles. The number of hydrogen-bond acceptors (Lipinski definition) is 4. The molecule has 4 aromatic rings. The maximum absolute atomic E-state index is 12.8. The van der Waals surface area contributed by atoms with E-state index >= 15 is 0 Å². The van der Waals surface area contributed by atoms with Crippen LogP contribution in [0, 0.1) is 0 Å². The third-order valence-electron chi connectivity index (χ3n) is 4.24. The molecule has 0 unspecified atom stereocenters. The summed E-state index contributed by atoms with van der Waals surface area (Å²) in [6.45, 7) is 1.16. The van der Waals surface area contributed by atoms with Gasteiger partial charge in [0.15, 0.2) is 0 Å². The van der Waals surface area contributed by atoms with E-state index in [1.807, 2.05) is 60.7 Å². The predicted molar refractivity (Wildman–Crippen MR) is 106 cm³/mol. The smallest absolute Gasteiger partial charge is 0.336 e. The Hall–Kier alpha value is -2.96. The summed E-state index contributed by atoms with van der Waals surface area (Å²) in [4.78, 5) is 26.7. The van der Waals surface area contributed by atoms with Crippen molar-refractivity contribution in [1.29, 1.82) is 0 Å². The molecule has 6 heteroatoms. The second-order valence-corrected chi connectivity index (χ2v) is 7.37. The molecular formula is C21H18N2O3S. The topological polar surface area (TPSA) is 52.7 Å². The van der Waals surface area contributed by atoms with Gasteiger partial charge in [0.2, 0.25) is 0 Å². The van der Waals surface area contributed by atoms with Crippen molar-refractivity contribution in [2.24, 2.45) is 0 Å². The summed E-state index contributed by atoms with van der Waals surface area (Å²) < 4.78 is 8.52. The summed E-state index contributed by atoms with van der Waals surface area (Å²) in [7, 11) is 0. The van der Waals surface area contributed by atoms with E-state index in [1.165, 1.54) is 26.4 Å². The van der Waals surface area contributed by atoms with Gasteiger partial charge in [0.05, 0.1) is 19.8 Å². The van der Waals surface area contributed by atoms with Gasteiger partial charge in [-0.2, -0.15) is 0 Å². The Bertz CT molecular complexity index is 1160. The highest BCUT2D eigenvalue weighted by molar-refractivity contribution is 7.17. The van der Waals surface area contributed by atoms with Gasteiger partial charge in [-0.25, -0.2) is 4.79 Å². The van der Waals surface area contributed by atoms with Crippen molar-refractivity contribution in [1.82, 2.24) is 8.97 Å². The van der Waals surface area contributed by atoms with Crippen LogP contribution in [0.25, 0.3) is 4.83 Å². The number of benzene rings is 2. The molecule has 0 aliphatic rings. The van der Waals surface area contributed by atoms with E-state index in [0.29, 0.717) is 18.0 Å². The molecule has 136 valence electrons.